The van der Waals surface area contributed by atoms with Crippen LogP contribution in [0, 0.1) is 47.3 Å². The summed E-state index contributed by atoms with van der Waals surface area (Å²) < 4.78 is 0. The maximum Gasteiger partial charge on any atom is 0.259 e. The lowest BCUT2D eigenvalue weighted by Gasteiger charge is -2.35. The molecule has 3 N–H and O–H groups in total. The van der Waals surface area contributed by atoms with Gasteiger partial charge in [-0.2, -0.15) is 0 Å². The predicted molar refractivity (Wildman–Crippen MR) is 134 cm³/mol. The Morgan fingerprint density at radius 1 is 1.00 bits per heavy atom. The highest BCUT2D eigenvalue weighted by molar-refractivity contribution is 6.27. The van der Waals surface area contributed by atoms with Crippen LogP contribution < -0.4 is 10.6 Å². The number of Topliss-reactive ketones (excluding diaryl/α,β-unsaturated/α-hetero) is 1. The number of amides is 2. The van der Waals surface area contributed by atoms with E-state index in [-0.39, 0.29) is 28.9 Å². The quantitative estimate of drug-likeness (QED) is 0.392. The van der Waals surface area contributed by atoms with Crippen LogP contribution in [0.2, 0.25) is 0 Å². The Hall–Kier alpha value is -2.63. The van der Waals surface area contributed by atoms with Crippen LogP contribution in [0.25, 0.3) is 0 Å². The molecule has 9 unspecified atom stereocenters. The molecule has 188 valence electrons. The Morgan fingerprint density at radius 2 is 1.77 bits per heavy atom. The van der Waals surface area contributed by atoms with Gasteiger partial charge in [-0.3, -0.25) is 14.4 Å². The second-order valence-electron chi connectivity index (χ2n) is 11.3. The summed E-state index contributed by atoms with van der Waals surface area (Å²) in [7, 11) is 0. The van der Waals surface area contributed by atoms with E-state index in [4.69, 9.17) is 0 Å². The van der Waals surface area contributed by atoms with Gasteiger partial charge < -0.3 is 15.7 Å². The molecule has 0 aromatic carbocycles. The first-order valence-electron chi connectivity index (χ1n) is 13.5. The third-order valence-electron chi connectivity index (χ3n) is 9.52. The molecule has 0 aromatic rings. The first kappa shape index (κ1) is 24.1. The molecule has 0 aromatic heterocycles. The molecule has 2 saturated carbocycles. The molecule has 2 bridgehead atoms. The normalized spacial score (nSPS) is 45.3. The molecular formula is C29H38N2O4. The van der Waals surface area contributed by atoms with Crippen molar-refractivity contribution >= 4 is 17.6 Å². The number of carbonyl (C=O) groups excluding carboxylic acids is 3. The Kier molecular flexibility index (Phi) is 6.73. The summed E-state index contributed by atoms with van der Waals surface area (Å²) in [5.41, 5.74) is -0.135. The monoisotopic (exact) mass is 478 g/mol. The zero-order valence-corrected chi connectivity index (χ0v) is 20.8. The van der Waals surface area contributed by atoms with E-state index in [2.05, 4.69) is 36.6 Å². The van der Waals surface area contributed by atoms with E-state index in [9.17, 15) is 19.5 Å². The number of ketones is 1. The summed E-state index contributed by atoms with van der Waals surface area (Å²) in [6.45, 7) is 5.14. The van der Waals surface area contributed by atoms with E-state index >= 15 is 0 Å². The topological polar surface area (TPSA) is 95.5 Å². The van der Waals surface area contributed by atoms with Gasteiger partial charge in [-0.1, -0.05) is 44.6 Å². The summed E-state index contributed by atoms with van der Waals surface area (Å²) in [6, 6.07) is -0.645. The number of allylic oxidation sites excluding steroid dienone is 5. The smallest absolute Gasteiger partial charge is 0.259 e. The Labute approximate surface area is 208 Å². The number of aliphatic hydroxyl groups excluding tert-OH is 1. The SMILES string of the molecule is CCC1C(C)CC2C1C=CC1C3C/C=C\C(=O)NCCCC4NC(=O)/C(=C(O)/C=C/C3CC12)C4=O. The van der Waals surface area contributed by atoms with Crippen LogP contribution in [0.3, 0.4) is 0 Å². The molecule has 2 aliphatic heterocycles. The molecule has 3 fully saturated rings. The third kappa shape index (κ3) is 4.41. The number of hydrogen-bond acceptors (Lipinski definition) is 4. The molecule has 5 aliphatic rings. The van der Waals surface area contributed by atoms with E-state index in [1.807, 2.05) is 12.2 Å². The lowest BCUT2D eigenvalue weighted by Crippen LogP contribution is -2.31. The van der Waals surface area contributed by atoms with E-state index in [0.717, 1.165) is 24.7 Å². The average Bonchev–Trinajstić information content (AvgIpc) is 3.44. The minimum atomic E-state index is -0.645. The molecule has 2 amide bonds. The Balaban J connectivity index is 1.46. The third-order valence-corrected chi connectivity index (χ3v) is 9.52. The molecule has 5 rings (SSSR count). The maximum atomic E-state index is 12.8. The van der Waals surface area contributed by atoms with Gasteiger partial charge in [-0.25, -0.2) is 0 Å². The summed E-state index contributed by atoms with van der Waals surface area (Å²) in [6.07, 6.45) is 17.4. The summed E-state index contributed by atoms with van der Waals surface area (Å²) in [5, 5.41) is 16.3. The van der Waals surface area contributed by atoms with Crippen LogP contribution in [0.5, 0.6) is 0 Å². The first-order chi connectivity index (χ1) is 16.9. The minimum Gasteiger partial charge on any atom is -0.507 e. The lowest BCUT2D eigenvalue weighted by atomic mass is 9.69. The van der Waals surface area contributed by atoms with Crippen molar-refractivity contribution in [1.29, 1.82) is 0 Å². The van der Waals surface area contributed by atoms with Gasteiger partial charge in [0.15, 0.2) is 5.78 Å². The van der Waals surface area contributed by atoms with Gasteiger partial charge in [-0.15, -0.1) is 0 Å². The summed E-state index contributed by atoms with van der Waals surface area (Å²) in [4.78, 5) is 37.6. The number of hydrogen-bond donors (Lipinski definition) is 3. The van der Waals surface area contributed by atoms with Crippen LogP contribution >= 0.6 is 0 Å². The molecule has 6 nitrogen and oxygen atoms in total. The number of fused-ring (bicyclic) bond motifs is 7. The first-order valence-corrected chi connectivity index (χ1v) is 13.5. The van der Waals surface area contributed by atoms with Crippen LogP contribution in [0.4, 0.5) is 0 Å². The summed E-state index contributed by atoms with van der Waals surface area (Å²) in [5.74, 6) is 3.16. The molecule has 9 atom stereocenters. The highest BCUT2D eigenvalue weighted by Crippen LogP contribution is 2.59. The summed E-state index contributed by atoms with van der Waals surface area (Å²) >= 11 is 0. The standard InChI is InChI=1S/C29H38N2O4/c1-3-18-16(2)14-22-20(18)10-11-21-19-6-4-8-26(33)30-13-5-7-24-28(34)27(29(35)31-24)25(32)12-9-17(19)15-23(21)22/h4,8-12,16-24,32H,3,5-7,13-15H2,1-2H3,(H,30,33)(H,31,35)/b8-4-,12-9+,27-25-. The van der Waals surface area contributed by atoms with E-state index < -0.39 is 11.9 Å². The highest BCUT2D eigenvalue weighted by Gasteiger charge is 2.52. The lowest BCUT2D eigenvalue weighted by molar-refractivity contribution is -0.118. The molecule has 6 heteroatoms. The molecule has 0 radical (unpaired) electrons. The van der Waals surface area contributed by atoms with Crippen molar-refractivity contribution in [3.05, 3.63) is 47.8 Å². The highest BCUT2D eigenvalue weighted by atomic mass is 16.3. The average molecular weight is 479 g/mol. The Bertz CT molecular complexity index is 1010. The molecular weight excluding hydrogens is 440 g/mol. The van der Waals surface area contributed by atoms with Crippen molar-refractivity contribution in [2.45, 2.75) is 58.4 Å². The molecule has 2 heterocycles. The molecule has 35 heavy (non-hydrogen) atoms. The zero-order chi connectivity index (χ0) is 24.7. The van der Waals surface area contributed by atoms with E-state index in [1.54, 1.807) is 12.2 Å². The van der Waals surface area contributed by atoms with Crippen LogP contribution in [-0.2, 0) is 14.4 Å². The fourth-order valence-electron chi connectivity index (χ4n) is 7.92. The maximum absolute atomic E-state index is 12.8. The van der Waals surface area contributed by atoms with Crippen molar-refractivity contribution in [3.63, 3.8) is 0 Å². The fourth-order valence-corrected chi connectivity index (χ4v) is 7.92. The number of rotatable bonds is 1. The van der Waals surface area contributed by atoms with Gasteiger partial charge in [0.05, 0.1) is 6.04 Å². The van der Waals surface area contributed by atoms with Crippen molar-refractivity contribution < 1.29 is 19.5 Å². The number of nitrogens with one attached hydrogen (secondary N) is 2. The van der Waals surface area contributed by atoms with Gasteiger partial charge in [0.25, 0.3) is 5.91 Å². The largest absolute Gasteiger partial charge is 0.507 e. The van der Waals surface area contributed by atoms with Crippen molar-refractivity contribution in [2.24, 2.45) is 47.3 Å². The number of carbonyl (C=O) groups is 3. The second-order valence-corrected chi connectivity index (χ2v) is 11.3. The number of aliphatic hydroxyl groups is 1. The van der Waals surface area contributed by atoms with E-state index in [0.29, 0.717) is 49.0 Å². The molecule has 0 spiro atoms. The molecule has 3 aliphatic carbocycles. The van der Waals surface area contributed by atoms with Crippen LogP contribution in [0.15, 0.2) is 47.8 Å². The van der Waals surface area contributed by atoms with Crippen molar-refractivity contribution in [1.82, 2.24) is 10.6 Å². The van der Waals surface area contributed by atoms with Crippen molar-refractivity contribution in [2.75, 3.05) is 6.54 Å². The minimum absolute atomic E-state index is 0.117. The Morgan fingerprint density at radius 3 is 2.57 bits per heavy atom. The fraction of sp³-hybridized carbons (Fsp3) is 0.621. The predicted octanol–water partition coefficient (Wildman–Crippen LogP) is 4.02. The van der Waals surface area contributed by atoms with Crippen LogP contribution in [0.1, 0.15) is 52.4 Å². The zero-order valence-electron chi connectivity index (χ0n) is 20.8. The van der Waals surface area contributed by atoms with Crippen molar-refractivity contribution in [3.8, 4) is 0 Å². The molecule has 1 saturated heterocycles. The van der Waals surface area contributed by atoms with Gasteiger partial charge in [0.1, 0.15) is 11.3 Å². The van der Waals surface area contributed by atoms with Gasteiger partial charge in [0, 0.05) is 6.54 Å². The van der Waals surface area contributed by atoms with Gasteiger partial charge >= 0.3 is 0 Å². The second kappa shape index (κ2) is 9.79. The van der Waals surface area contributed by atoms with Gasteiger partial charge in [0.2, 0.25) is 5.91 Å². The van der Waals surface area contributed by atoms with Crippen LogP contribution in [-0.4, -0.2) is 35.3 Å². The van der Waals surface area contributed by atoms with E-state index in [1.165, 1.54) is 12.8 Å². The van der Waals surface area contributed by atoms with Gasteiger partial charge in [-0.05, 0) is 91.6 Å².